The molecular formula is C12H15Br2NO2. The van der Waals surface area contributed by atoms with Gasteiger partial charge >= 0.3 is 0 Å². The van der Waals surface area contributed by atoms with Crippen LogP contribution in [0.15, 0.2) is 21.1 Å². The highest BCUT2D eigenvalue weighted by atomic mass is 79.9. The standard InChI is InChI=1S/C12H15Br2NO2/c1-12(6-17-7-12)5-15-10-4-11(16-2)9(14)3-8(10)13/h3-4,15H,5-7H2,1-2H3. The summed E-state index contributed by atoms with van der Waals surface area (Å²) in [6.07, 6.45) is 0. The van der Waals surface area contributed by atoms with E-state index in [-0.39, 0.29) is 5.41 Å². The largest absolute Gasteiger partial charge is 0.495 e. The third-order valence-corrected chi connectivity index (χ3v) is 4.12. The van der Waals surface area contributed by atoms with Crippen LogP contribution in [0.4, 0.5) is 5.69 Å². The summed E-state index contributed by atoms with van der Waals surface area (Å²) in [6, 6.07) is 3.97. The number of hydrogen-bond acceptors (Lipinski definition) is 3. The average molecular weight is 365 g/mol. The minimum atomic E-state index is 0.250. The Balaban J connectivity index is 2.09. The lowest BCUT2D eigenvalue weighted by molar-refractivity contribution is -0.0924. The average Bonchev–Trinajstić information content (AvgIpc) is 2.25. The minimum Gasteiger partial charge on any atom is -0.495 e. The number of nitrogens with one attached hydrogen (secondary N) is 1. The van der Waals surface area contributed by atoms with E-state index in [4.69, 9.17) is 9.47 Å². The summed E-state index contributed by atoms with van der Waals surface area (Å²) in [4.78, 5) is 0. The van der Waals surface area contributed by atoms with Gasteiger partial charge < -0.3 is 14.8 Å². The monoisotopic (exact) mass is 363 g/mol. The number of halogens is 2. The number of benzene rings is 1. The summed E-state index contributed by atoms with van der Waals surface area (Å²) in [5, 5.41) is 3.43. The Labute approximate surface area is 118 Å². The second-order valence-electron chi connectivity index (χ2n) is 4.62. The van der Waals surface area contributed by atoms with Crippen molar-refractivity contribution in [3.05, 3.63) is 21.1 Å². The summed E-state index contributed by atoms with van der Waals surface area (Å²) in [5.74, 6) is 0.825. The van der Waals surface area contributed by atoms with E-state index in [1.165, 1.54) is 0 Å². The van der Waals surface area contributed by atoms with Gasteiger partial charge in [-0.1, -0.05) is 6.92 Å². The number of rotatable bonds is 4. The first-order valence-electron chi connectivity index (χ1n) is 5.39. The molecule has 0 radical (unpaired) electrons. The summed E-state index contributed by atoms with van der Waals surface area (Å²) in [7, 11) is 1.67. The van der Waals surface area contributed by atoms with Gasteiger partial charge in [-0.25, -0.2) is 0 Å². The quantitative estimate of drug-likeness (QED) is 0.884. The van der Waals surface area contributed by atoms with Crippen LogP contribution < -0.4 is 10.1 Å². The Kier molecular flexibility index (Phi) is 4.00. The smallest absolute Gasteiger partial charge is 0.135 e. The number of anilines is 1. The van der Waals surface area contributed by atoms with Crippen molar-refractivity contribution in [3.8, 4) is 5.75 Å². The fourth-order valence-corrected chi connectivity index (χ4v) is 2.98. The van der Waals surface area contributed by atoms with Crippen LogP contribution in [0.1, 0.15) is 6.92 Å². The highest BCUT2D eigenvalue weighted by Crippen LogP contribution is 2.35. The van der Waals surface area contributed by atoms with Crippen molar-refractivity contribution in [2.24, 2.45) is 5.41 Å². The van der Waals surface area contributed by atoms with Gasteiger partial charge in [0.05, 0.1) is 30.5 Å². The van der Waals surface area contributed by atoms with Gasteiger partial charge in [-0.3, -0.25) is 0 Å². The highest BCUT2D eigenvalue weighted by molar-refractivity contribution is 9.11. The third-order valence-electron chi connectivity index (χ3n) is 2.85. The minimum absolute atomic E-state index is 0.250. The molecule has 0 amide bonds. The zero-order chi connectivity index (χ0) is 12.5. The fraction of sp³-hybridized carbons (Fsp3) is 0.500. The molecule has 1 aromatic carbocycles. The van der Waals surface area contributed by atoms with Crippen LogP contribution >= 0.6 is 31.9 Å². The maximum atomic E-state index is 5.28. The van der Waals surface area contributed by atoms with Crippen LogP contribution in [0.25, 0.3) is 0 Å². The zero-order valence-electron chi connectivity index (χ0n) is 9.85. The first-order valence-corrected chi connectivity index (χ1v) is 6.97. The van der Waals surface area contributed by atoms with Crippen LogP contribution in [0, 0.1) is 5.41 Å². The SMILES string of the molecule is COc1cc(NCC2(C)COC2)c(Br)cc1Br. The Morgan fingerprint density at radius 2 is 2.06 bits per heavy atom. The lowest BCUT2D eigenvalue weighted by Crippen LogP contribution is -2.45. The van der Waals surface area contributed by atoms with Crippen LogP contribution in [0.2, 0.25) is 0 Å². The van der Waals surface area contributed by atoms with E-state index in [9.17, 15) is 0 Å². The molecular weight excluding hydrogens is 350 g/mol. The second kappa shape index (κ2) is 5.16. The molecule has 1 aliphatic heterocycles. The van der Waals surface area contributed by atoms with Gasteiger partial charge in [0.25, 0.3) is 0 Å². The van der Waals surface area contributed by atoms with Gasteiger partial charge in [-0.15, -0.1) is 0 Å². The van der Waals surface area contributed by atoms with E-state index in [0.717, 1.165) is 40.1 Å². The molecule has 17 heavy (non-hydrogen) atoms. The Bertz CT molecular complexity index is 419. The van der Waals surface area contributed by atoms with Gasteiger partial charge in [-0.05, 0) is 37.9 Å². The van der Waals surface area contributed by atoms with Gasteiger partial charge in [0.2, 0.25) is 0 Å². The number of hydrogen-bond donors (Lipinski definition) is 1. The van der Waals surface area contributed by atoms with Crippen LogP contribution in [0.5, 0.6) is 5.75 Å². The van der Waals surface area contributed by atoms with Crippen molar-refractivity contribution >= 4 is 37.5 Å². The van der Waals surface area contributed by atoms with Crippen molar-refractivity contribution in [3.63, 3.8) is 0 Å². The first-order chi connectivity index (χ1) is 8.04. The number of methoxy groups -OCH3 is 1. The normalized spacial score (nSPS) is 17.4. The lowest BCUT2D eigenvalue weighted by atomic mass is 9.89. The molecule has 0 atom stereocenters. The van der Waals surface area contributed by atoms with E-state index in [2.05, 4.69) is 44.1 Å². The molecule has 1 heterocycles. The maximum Gasteiger partial charge on any atom is 0.135 e. The lowest BCUT2D eigenvalue weighted by Gasteiger charge is -2.38. The fourth-order valence-electron chi connectivity index (χ4n) is 1.68. The zero-order valence-corrected chi connectivity index (χ0v) is 13.0. The Hall–Kier alpha value is -0.260. The Morgan fingerprint density at radius 1 is 1.35 bits per heavy atom. The Morgan fingerprint density at radius 3 is 2.59 bits per heavy atom. The van der Waals surface area contributed by atoms with Gasteiger partial charge in [0.1, 0.15) is 5.75 Å². The molecule has 1 aliphatic rings. The summed E-state index contributed by atoms with van der Waals surface area (Å²) in [6.45, 7) is 4.76. The molecule has 3 nitrogen and oxygen atoms in total. The summed E-state index contributed by atoms with van der Waals surface area (Å²) in [5.41, 5.74) is 1.29. The molecule has 94 valence electrons. The van der Waals surface area contributed by atoms with Gasteiger partial charge in [-0.2, -0.15) is 0 Å². The molecule has 0 unspecified atom stereocenters. The second-order valence-corrected chi connectivity index (χ2v) is 6.33. The molecule has 5 heteroatoms. The van der Waals surface area contributed by atoms with Crippen LogP contribution in [0.3, 0.4) is 0 Å². The third kappa shape index (κ3) is 2.95. The topological polar surface area (TPSA) is 30.5 Å². The van der Waals surface area contributed by atoms with Crippen molar-refractivity contribution in [1.29, 1.82) is 0 Å². The van der Waals surface area contributed by atoms with Crippen molar-refractivity contribution in [1.82, 2.24) is 0 Å². The molecule has 1 saturated heterocycles. The first kappa shape index (κ1) is 13.2. The van der Waals surface area contributed by atoms with Gasteiger partial charge in [0, 0.05) is 22.5 Å². The van der Waals surface area contributed by atoms with Crippen molar-refractivity contribution < 1.29 is 9.47 Å². The number of ether oxygens (including phenoxy) is 2. The van der Waals surface area contributed by atoms with E-state index in [1.54, 1.807) is 7.11 Å². The summed E-state index contributed by atoms with van der Waals surface area (Å²) >= 11 is 6.99. The van der Waals surface area contributed by atoms with E-state index >= 15 is 0 Å². The summed E-state index contributed by atoms with van der Waals surface area (Å²) < 4.78 is 12.5. The van der Waals surface area contributed by atoms with Crippen molar-refractivity contribution in [2.75, 3.05) is 32.2 Å². The van der Waals surface area contributed by atoms with Crippen molar-refractivity contribution in [2.45, 2.75) is 6.92 Å². The molecule has 2 rings (SSSR count). The van der Waals surface area contributed by atoms with E-state index in [0.29, 0.717) is 0 Å². The van der Waals surface area contributed by atoms with Crippen LogP contribution in [-0.2, 0) is 4.74 Å². The molecule has 1 aromatic rings. The molecule has 0 spiro atoms. The molecule has 0 bridgehead atoms. The molecule has 1 fully saturated rings. The predicted octanol–water partition coefficient (Wildman–Crippen LogP) is 3.67. The molecule has 0 saturated carbocycles. The van der Waals surface area contributed by atoms with Crippen LogP contribution in [-0.4, -0.2) is 26.9 Å². The maximum absolute atomic E-state index is 5.28. The highest BCUT2D eigenvalue weighted by Gasteiger charge is 2.33. The van der Waals surface area contributed by atoms with E-state index in [1.807, 2.05) is 12.1 Å². The van der Waals surface area contributed by atoms with Gasteiger partial charge in [0.15, 0.2) is 0 Å². The predicted molar refractivity (Wildman–Crippen MR) is 75.8 cm³/mol. The molecule has 0 aliphatic carbocycles. The van der Waals surface area contributed by atoms with E-state index < -0.39 is 0 Å². The molecule has 0 aromatic heterocycles. The molecule has 1 N–H and O–H groups in total.